The SMILES string of the molecule is CN(C)CCCOc1c(F)ccc(N)c1[N+](=O)[O-]. The summed E-state index contributed by atoms with van der Waals surface area (Å²) in [5.74, 6) is -1.17. The van der Waals surface area contributed by atoms with E-state index < -0.39 is 22.2 Å². The molecule has 0 heterocycles. The van der Waals surface area contributed by atoms with Gasteiger partial charge < -0.3 is 15.4 Å². The molecule has 1 aromatic rings. The van der Waals surface area contributed by atoms with Gasteiger partial charge in [-0.25, -0.2) is 4.39 Å². The van der Waals surface area contributed by atoms with Crippen molar-refractivity contribution in [1.82, 2.24) is 4.90 Å². The number of hydrogen-bond donors (Lipinski definition) is 1. The highest BCUT2D eigenvalue weighted by Crippen LogP contribution is 2.35. The summed E-state index contributed by atoms with van der Waals surface area (Å²) in [6, 6.07) is 2.21. The van der Waals surface area contributed by atoms with Gasteiger partial charge in [0, 0.05) is 6.54 Å². The molecule has 2 N–H and O–H groups in total. The van der Waals surface area contributed by atoms with E-state index in [0.29, 0.717) is 6.42 Å². The summed E-state index contributed by atoms with van der Waals surface area (Å²) in [7, 11) is 3.78. The van der Waals surface area contributed by atoms with Gasteiger partial charge in [-0.05, 0) is 32.6 Å². The molecule has 1 rings (SSSR count). The minimum absolute atomic E-state index is 0.107. The van der Waals surface area contributed by atoms with Crippen molar-refractivity contribution in [2.24, 2.45) is 0 Å². The molecule has 0 unspecified atom stereocenters. The molecule has 0 spiro atoms. The summed E-state index contributed by atoms with van der Waals surface area (Å²) in [6.45, 7) is 0.942. The van der Waals surface area contributed by atoms with Gasteiger partial charge in [-0.2, -0.15) is 0 Å². The van der Waals surface area contributed by atoms with Crippen LogP contribution in [0.2, 0.25) is 0 Å². The van der Waals surface area contributed by atoms with Crippen LogP contribution < -0.4 is 10.5 Å². The number of nitro benzene ring substituents is 1. The lowest BCUT2D eigenvalue weighted by Crippen LogP contribution is -2.16. The molecule has 18 heavy (non-hydrogen) atoms. The Hall–Kier alpha value is -1.89. The second-order valence-electron chi connectivity index (χ2n) is 4.08. The zero-order valence-electron chi connectivity index (χ0n) is 10.4. The van der Waals surface area contributed by atoms with Gasteiger partial charge in [-0.15, -0.1) is 0 Å². The minimum Gasteiger partial charge on any atom is -0.485 e. The Morgan fingerprint density at radius 2 is 2.17 bits per heavy atom. The van der Waals surface area contributed by atoms with Gasteiger partial charge in [-0.3, -0.25) is 10.1 Å². The van der Waals surface area contributed by atoms with E-state index in [1.54, 1.807) is 0 Å². The Balaban J connectivity index is 2.80. The zero-order valence-corrected chi connectivity index (χ0v) is 10.4. The van der Waals surface area contributed by atoms with Gasteiger partial charge in [0.25, 0.3) is 0 Å². The number of halogens is 1. The fourth-order valence-electron chi connectivity index (χ4n) is 1.44. The maximum absolute atomic E-state index is 13.5. The van der Waals surface area contributed by atoms with Crippen LogP contribution in [-0.4, -0.2) is 37.1 Å². The van der Waals surface area contributed by atoms with E-state index in [9.17, 15) is 14.5 Å². The summed E-state index contributed by atoms with van der Waals surface area (Å²) in [5.41, 5.74) is 4.83. The normalized spacial score (nSPS) is 10.7. The average Bonchev–Trinajstić information content (AvgIpc) is 2.27. The molecule has 6 nitrogen and oxygen atoms in total. The molecule has 0 saturated heterocycles. The Morgan fingerprint density at radius 3 is 2.72 bits per heavy atom. The first-order valence-corrected chi connectivity index (χ1v) is 5.43. The fraction of sp³-hybridized carbons (Fsp3) is 0.455. The Morgan fingerprint density at radius 1 is 1.50 bits per heavy atom. The van der Waals surface area contributed by atoms with Gasteiger partial charge >= 0.3 is 5.69 Å². The first-order valence-electron chi connectivity index (χ1n) is 5.43. The molecule has 0 aromatic heterocycles. The van der Waals surface area contributed by atoms with Crippen LogP contribution in [0.3, 0.4) is 0 Å². The second-order valence-corrected chi connectivity index (χ2v) is 4.08. The van der Waals surface area contributed by atoms with E-state index in [2.05, 4.69) is 0 Å². The number of nitrogens with zero attached hydrogens (tertiary/aromatic N) is 2. The van der Waals surface area contributed by atoms with Crippen LogP contribution in [-0.2, 0) is 0 Å². The number of benzene rings is 1. The average molecular weight is 257 g/mol. The van der Waals surface area contributed by atoms with Crippen molar-refractivity contribution in [3.8, 4) is 5.75 Å². The molecule has 1 aromatic carbocycles. The molecule has 0 radical (unpaired) electrons. The Bertz CT molecular complexity index is 438. The quantitative estimate of drug-likeness (QED) is 0.362. The van der Waals surface area contributed by atoms with E-state index in [-0.39, 0.29) is 12.3 Å². The van der Waals surface area contributed by atoms with Crippen molar-refractivity contribution in [1.29, 1.82) is 0 Å². The predicted molar refractivity (Wildman–Crippen MR) is 66.1 cm³/mol. The van der Waals surface area contributed by atoms with Gasteiger partial charge in [0.15, 0.2) is 5.82 Å². The Labute approximate surface area is 104 Å². The molecule has 0 aliphatic rings. The van der Waals surface area contributed by atoms with Crippen molar-refractivity contribution in [3.63, 3.8) is 0 Å². The van der Waals surface area contributed by atoms with E-state index in [1.807, 2.05) is 19.0 Å². The second kappa shape index (κ2) is 6.15. The zero-order chi connectivity index (χ0) is 13.7. The lowest BCUT2D eigenvalue weighted by molar-refractivity contribution is -0.385. The molecule has 7 heteroatoms. The number of ether oxygens (including phenoxy) is 1. The third kappa shape index (κ3) is 3.56. The minimum atomic E-state index is -0.777. The number of nitro groups is 1. The predicted octanol–water partition coefficient (Wildman–Crippen LogP) is 1.65. The molecular weight excluding hydrogens is 241 g/mol. The maximum Gasteiger partial charge on any atom is 0.336 e. The number of nitrogens with two attached hydrogens (primary N) is 1. The molecule has 100 valence electrons. The molecule has 0 atom stereocenters. The highest BCUT2D eigenvalue weighted by atomic mass is 19.1. The summed E-state index contributed by atoms with van der Waals surface area (Å²) in [5, 5.41) is 10.8. The van der Waals surface area contributed by atoms with E-state index in [1.165, 1.54) is 0 Å². The van der Waals surface area contributed by atoms with E-state index in [0.717, 1.165) is 18.7 Å². The number of rotatable bonds is 6. The van der Waals surface area contributed by atoms with E-state index >= 15 is 0 Å². The van der Waals surface area contributed by atoms with Gasteiger partial charge in [-0.1, -0.05) is 0 Å². The Kier molecular flexibility index (Phi) is 4.85. The highest BCUT2D eigenvalue weighted by Gasteiger charge is 2.23. The fourth-order valence-corrected chi connectivity index (χ4v) is 1.44. The monoisotopic (exact) mass is 257 g/mol. The number of anilines is 1. The molecule has 0 aliphatic heterocycles. The van der Waals surface area contributed by atoms with Crippen molar-refractivity contribution < 1.29 is 14.1 Å². The summed E-state index contributed by atoms with van der Waals surface area (Å²) >= 11 is 0. The molecule has 0 bridgehead atoms. The number of hydrogen-bond acceptors (Lipinski definition) is 5. The highest BCUT2D eigenvalue weighted by molar-refractivity contribution is 5.66. The summed E-state index contributed by atoms with van der Waals surface area (Å²) in [4.78, 5) is 12.0. The van der Waals surface area contributed by atoms with E-state index in [4.69, 9.17) is 10.5 Å². The number of nitrogen functional groups attached to an aromatic ring is 1. The van der Waals surface area contributed by atoms with Gasteiger partial charge in [0.05, 0.1) is 11.5 Å². The third-order valence-corrected chi connectivity index (χ3v) is 2.29. The summed E-state index contributed by atoms with van der Waals surface area (Å²) < 4.78 is 18.6. The van der Waals surface area contributed by atoms with Crippen molar-refractivity contribution >= 4 is 11.4 Å². The molecular formula is C11H16FN3O3. The van der Waals surface area contributed by atoms with Gasteiger partial charge in [0.2, 0.25) is 5.75 Å². The van der Waals surface area contributed by atoms with Crippen LogP contribution in [0.4, 0.5) is 15.8 Å². The van der Waals surface area contributed by atoms with Crippen molar-refractivity contribution in [3.05, 3.63) is 28.1 Å². The standard InChI is InChI=1S/C11H16FN3O3/c1-14(2)6-3-7-18-11-8(12)4-5-9(13)10(11)15(16)17/h4-5H,3,6-7,13H2,1-2H3. The van der Waals surface area contributed by atoms with Crippen molar-refractivity contribution in [2.75, 3.05) is 33.0 Å². The van der Waals surface area contributed by atoms with Crippen LogP contribution in [0.5, 0.6) is 5.75 Å². The third-order valence-electron chi connectivity index (χ3n) is 2.29. The van der Waals surface area contributed by atoms with Crippen molar-refractivity contribution in [2.45, 2.75) is 6.42 Å². The van der Waals surface area contributed by atoms with Crippen LogP contribution in [0.1, 0.15) is 6.42 Å². The van der Waals surface area contributed by atoms with Gasteiger partial charge in [0.1, 0.15) is 5.69 Å². The first kappa shape index (κ1) is 14.2. The lowest BCUT2D eigenvalue weighted by Gasteiger charge is -2.11. The largest absolute Gasteiger partial charge is 0.485 e. The maximum atomic E-state index is 13.5. The first-order chi connectivity index (χ1) is 8.43. The van der Waals surface area contributed by atoms with Crippen LogP contribution in [0, 0.1) is 15.9 Å². The molecule has 0 saturated carbocycles. The smallest absolute Gasteiger partial charge is 0.336 e. The van der Waals surface area contributed by atoms with Crippen LogP contribution in [0.25, 0.3) is 0 Å². The molecule has 0 aliphatic carbocycles. The lowest BCUT2D eigenvalue weighted by atomic mass is 10.2. The molecule has 0 fully saturated rings. The van der Waals surface area contributed by atoms with Crippen LogP contribution in [0.15, 0.2) is 12.1 Å². The summed E-state index contributed by atoms with van der Waals surface area (Å²) in [6.07, 6.45) is 0.637. The van der Waals surface area contributed by atoms with Crippen LogP contribution >= 0.6 is 0 Å². The topological polar surface area (TPSA) is 81.6 Å². The molecule has 0 amide bonds.